The summed E-state index contributed by atoms with van der Waals surface area (Å²) in [4.78, 5) is 0. The molecular formula is C12H17BrN2O2S. The van der Waals surface area contributed by atoms with E-state index in [0.29, 0.717) is 13.1 Å². The summed E-state index contributed by atoms with van der Waals surface area (Å²) in [7, 11) is -3.24. The summed E-state index contributed by atoms with van der Waals surface area (Å²) >= 11 is 3.36. The quantitative estimate of drug-likeness (QED) is 0.855. The molecule has 100 valence electrons. The smallest absolute Gasteiger partial charge is 0.236 e. The lowest BCUT2D eigenvalue weighted by Gasteiger charge is -2.30. The van der Waals surface area contributed by atoms with Gasteiger partial charge in [-0.3, -0.25) is 4.31 Å². The number of hydrogen-bond acceptors (Lipinski definition) is 3. The molecule has 0 atom stereocenters. The number of nitrogens with one attached hydrogen (secondary N) is 1. The Balaban J connectivity index is 2.40. The number of rotatable bonds is 1. The van der Waals surface area contributed by atoms with Gasteiger partial charge >= 0.3 is 0 Å². The second-order valence-electron chi connectivity index (χ2n) is 5.11. The zero-order valence-corrected chi connectivity index (χ0v) is 12.9. The lowest BCUT2D eigenvalue weighted by molar-refractivity contribution is 0.419. The first-order valence-corrected chi connectivity index (χ1v) is 8.21. The molecule has 1 N–H and O–H groups in total. The van der Waals surface area contributed by atoms with Crippen LogP contribution in [0.4, 0.5) is 5.69 Å². The number of nitrogens with zero attached hydrogens (tertiary/aromatic N) is 1. The molecule has 4 nitrogen and oxygen atoms in total. The molecule has 0 bridgehead atoms. The molecule has 0 spiro atoms. The van der Waals surface area contributed by atoms with E-state index in [4.69, 9.17) is 0 Å². The monoisotopic (exact) mass is 332 g/mol. The highest BCUT2D eigenvalue weighted by molar-refractivity contribution is 9.10. The van der Waals surface area contributed by atoms with Gasteiger partial charge in [0.1, 0.15) is 0 Å². The van der Waals surface area contributed by atoms with Crippen LogP contribution in [0.25, 0.3) is 0 Å². The van der Waals surface area contributed by atoms with Gasteiger partial charge < -0.3 is 5.32 Å². The van der Waals surface area contributed by atoms with Gasteiger partial charge in [-0.2, -0.15) is 0 Å². The molecule has 0 saturated carbocycles. The Bertz CT molecular complexity index is 526. The zero-order valence-electron chi connectivity index (χ0n) is 10.5. The summed E-state index contributed by atoms with van der Waals surface area (Å²) in [5, 5.41) is 3.26. The SMILES string of the molecule is CC1(C)CN(c2ccc(Br)cc2)S(=O)(=O)CCN1. The van der Waals surface area contributed by atoms with E-state index in [1.807, 2.05) is 38.1 Å². The maximum Gasteiger partial charge on any atom is 0.236 e. The van der Waals surface area contributed by atoms with E-state index in [9.17, 15) is 8.42 Å². The molecule has 1 heterocycles. The van der Waals surface area contributed by atoms with E-state index in [2.05, 4.69) is 21.2 Å². The molecule has 1 aromatic rings. The number of halogens is 1. The standard InChI is InChI=1S/C12H17BrN2O2S/c1-12(2)9-15(18(16,17)8-7-14-12)11-5-3-10(13)4-6-11/h3-6,14H,7-9H2,1-2H3. The van der Waals surface area contributed by atoms with Gasteiger partial charge in [-0.1, -0.05) is 15.9 Å². The summed E-state index contributed by atoms with van der Waals surface area (Å²) in [5.41, 5.74) is 0.492. The van der Waals surface area contributed by atoms with Crippen LogP contribution in [0.15, 0.2) is 28.7 Å². The first-order chi connectivity index (χ1) is 8.30. The van der Waals surface area contributed by atoms with Gasteiger partial charge in [-0.15, -0.1) is 0 Å². The van der Waals surface area contributed by atoms with Crippen LogP contribution in [0.1, 0.15) is 13.8 Å². The van der Waals surface area contributed by atoms with Crippen molar-refractivity contribution in [2.24, 2.45) is 0 Å². The number of sulfonamides is 1. The van der Waals surface area contributed by atoms with Crippen LogP contribution < -0.4 is 9.62 Å². The average Bonchev–Trinajstić information content (AvgIpc) is 2.36. The van der Waals surface area contributed by atoms with Crippen molar-refractivity contribution in [3.05, 3.63) is 28.7 Å². The molecule has 0 amide bonds. The van der Waals surface area contributed by atoms with Crippen molar-refractivity contribution in [1.29, 1.82) is 0 Å². The van der Waals surface area contributed by atoms with Crippen LogP contribution in [0.2, 0.25) is 0 Å². The molecule has 1 fully saturated rings. The van der Waals surface area contributed by atoms with E-state index >= 15 is 0 Å². The highest BCUT2D eigenvalue weighted by Gasteiger charge is 2.32. The van der Waals surface area contributed by atoms with Crippen molar-refractivity contribution in [2.75, 3.05) is 23.1 Å². The van der Waals surface area contributed by atoms with E-state index in [0.717, 1.165) is 10.2 Å². The minimum Gasteiger partial charge on any atom is -0.309 e. The van der Waals surface area contributed by atoms with Gasteiger partial charge in [-0.25, -0.2) is 8.42 Å². The van der Waals surface area contributed by atoms with Gasteiger partial charge in [0.05, 0.1) is 18.0 Å². The number of hydrogen-bond donors (Lipinski definition) is 1. The normalized spacial score (nSPS) is 22.5. The minimum absolute atomic E-state index is 0.131. The molecule has 18 heavy (non-hydrogen) atoms. The maximum atomic E-state index is 12.2. The van der Waals surface area contributed by atoms with Crippen molar-refractivity contribution in [3.63, 3.8) is 0 Å². The van der Waals surface area contributed by atoms with Crippen molar-refractivity contribution in [3.8, 4) is 0 Å². The molecule has 6 heteroatoms. The van der Waals surface area contributed by atoms with Crippen LogP contribution in [0, 0.1) is 0 Å². The second kappa shape index (κ2) is 4.83. The Labute approximate surface area is 117 Å². The van der Waals surface area contributed by atoms with Crippen LogP contribution in [0.3, 0.4) is 0 Å². The maximum absolute atomic E-state index is 12.2. The van der Waals surface area contributed by atoms with Crippen molar-refractivity contribution in [1.82, 2.24) is 5.32 Å². The summed E-state index contributed by atoms with van der Waals surface area (Å²) < 4.78 is 26.9. The first-order valence-electron chi connectivity index (χ1n) is 5.81. The van der Waals surface area contributed by atoms with E-state index < -0.39 is 10.0 Å². The summed E-state index contributed by atoms with van der Waals surface area (Å²) in [6.07, 6.45) is 0. The molecule has 0 unspecified atom stereocenters. The molecule has 1 saturated heterocycles. The summed E-state index contributed by atoms with van der Waals surface area (Å²) in [5.74, 6) is 0.131. The summed E-state index contributed by atoms with van der Waals surface area (Å²) in [6.45, 7) is 4.96. The fourth-order valence-corrected chi connectivity index (χ4v) is 3.81. The Morgan fingerprint density at radius 3 is 2.50 bits per heavy atom. The van der Waals surface area contributed by atoms with E-state index in [1.165, 1.54) is 4.31 Å². The minimum atomic E-state index is -3.24. The van der Waals surface area contributed by atoms with E-state index in [-0.39, 0.29) is 11.3 Å². The Morgan fingerprint density at radius 2 is 1.89 bits per heavy atom. The van der Waals surface area contributed by atoms with Gasteiger partial charge in [0.25, 0.3) is 0 Å². The van der Waals surface area contributed by atoms with Crippen molar-refractivity contribution < 1.29 is 8.42 Å². The Morgan fingerprint density at radius 1 is 1.28 bits per heavy atom. The molecule has 2 rings (SSSR count). The van der Waals surface area contributed by atoms with Crippen LogP contribution in [-0.4, -0.2) is 32.8 Å². The molecule has 0 radical (unpaired) electrons. The molecular weight excluding hydrogens is 316 g/mol. The third kappa shape index (κ3) is 3.05. The molecule has 1 aromatic carbocycles. The van der Waals surface area contributed by atoms with Gasteiger partial charge in [0.2, 0.25) is 10.0 Å². The van der Waals surface area contributed by atoms with Crippen molar-refractivity contribution >= 4 is 31.6 Å². The van der Waals surface area contributed by atoms with Gasteiger partial charge in [-0.05, 0) is 38.1 Å². The fourth-order valence-electron chi connectivity index (χ4n) is 2.00. The first kappa shape index (κ1) is 13.8. The highest BCUT2D eigenvalue weighted by Crippen LogP contribution is 2.24. The predicted octanol–water partition coefficient (Wildman–Crippen LogP) is 1.97. The average molecular weight is 333 g/mol. The lowest BCUT2D eigenvalue weighted by Crippen LogP contribution is -2.47. The van der Waals surface area contributed by atoms with Gasteiger partial charge in [0.15, 0.2) is 0 Å². The number of anilines is 1. The Hall–Kier alpha value is -0.590. The lowest BCUT2D eigenvalue weighted by atomic mass is 10.1. The second-order valence-corrected chi connectivity index (χ2v) is 8.04. The van der Waals surface area contributed by atoms with E-state index in [1.54, 1.807) is 0 Å². The topological polar surface area (TPSA) is 49.4 Å². The van der Waals surface area contributed by atoms with Crippen LogP contribution >= 0.6 is 15.9 Å². The van der Waals surface area contributed by atoms with Gasteiger partial charge in [0, 0.05) is 16.6 Å². The largest absolute Gasteiger partial charge is 0.309 e. The molecule has 0 aromatic heterocycles. The molecule has 1 aliphatic rings. The highest BCUT2D eigenvalue weighted by atomic mass is 79.9. The van der Waals surface area contributed by atoms with Crippen LogP contribution in [-0.2, 0) is 10.0 Å². The zero-order chi connectivity index (χ0) is 13.4. The van der Waals surface area contributed by atoms with Crippen molar-refractivity contribution in [2.45, 2.75) is 19.4 Å². The number of benzene rings is 1. The predicted molar refractivity (Wildman–Crippen MR) is 77.4 cm³/mol. The molecule has 0 aliphatic carbocycles. The Kier molecular flexibility index (Phi) is 3.71. The summed E-state index contributed by atoms with van der Waals surface area (Å²) in [6, 6.07) is 7.36. The third-order valence-corrected chi connectivity index (χ3v) is 5.21. The third-order valence-electron chi connectivity index (χ3n) is 2.95. The van der Waals surface area contributed by atoms with Crippen LogP contribution in [0.5, 0.6) is 0 Å². The fraction of sp³-hybridized carbons (Fsp3) is 0.500. The molecule has 1 aliphatic heterocycles.